The number of ketones is 1. The highest BCUT2D eigenvalue weighted by atomic mass is 16.1. The van der Waals surface area contributed by atoms with E-state index < -0.39 is 0 Å². The minimum absolute atomic E-state index is 0.0552. The molecule has 0 saturated carbocycles. The van der Waals surface area contributed by atoms with Gasteiger partial charge in [0, 0.05) is 5.56 Å². The van der Waals surface area contributed by atoms with Crippen LogP contribution in [0.4, 0.5) is 0 Å². The van der Waals surface area contributed by atoms with E-state index in [0.717, 1.165) is 23.6 Å². The first kappa shape index (κ1) is 14.6. The van der Waals surface area contributed by atoms with E-state index in [1.165, 1.54) is 16.7 Å². The average Bonchev–Trinajstić information content (AvgIpc) is 2.85. The van der Waals surface area contributed by atoms with Crippen molar-refractivity contribution in [3.8, 4) is 11.1 Å². The highest BCUT2D eigenvalue weighted by Crippen LogP contribution is 2.38. The fraction of sp³-hybridized carbons (Fsp3) is 0.111. The van der Waals surface area contributed by atoms with Gasteiger partial charge in [-0.2, -0.15) is 0 Å². The normalized spacial score (nSPS) is 10.5. The Bertz CT molecular complexity index is 754. The lowest BCUT2D eigenvalue weighted by atomic mass is 9.96. The zero-order valence-electron chi connectivity index (χ0n) is 11.8. The van der Waals surface area contributed by atoms with Crippen LogP contribution >= 0.6 is 0 Å². The maximum Gasteiger partial charge on any atom is 0.231 e. The third-order valence-corrected chi connectivity index (χ3v) is 3.48. The van der Waals surface area contributed by atoms with E-state index >= 15 is 0 Å². The van der Waals surface area contributed by atoms with Crippen molar-refractivity contribution in [3.05, 3.63) is 71.3 Å². The highest BCUT2D eigenvalue weighted by Gasteiger charge is 2.23. The second-order valence-electron chi connectivity index (χ2n) is 4.88. The first-order valence-corrected chi connectivity index (χ1v) is 6.54. The van der Waals surface area contributed by atoms with Crippen molar-refractivity contribution in [1.82, 2.24) is 0 Å². The van der Waals surface area contributed by atoms with E-state index in [1.807, 2.05) is 24.3 Å². The number of fused-ring (bicyclic) bond motifs is 3. The number of isocyanates is 1. The summed E-state index contributed by atoms with van der Waals surface area (Å²) in [6.07, 6.45) is 1.60. The van der Waals surface area contributed by atoms with E-state index in [4.69, 9.17) is 10.2 Å². The molecular weight excluding hydrogens is 262 g/mol. The molecule has 2 aromatic carbocycles. The third kappa shape index (κ3) is 2.73. The molecule has 0 unspecified atom stereocenters. The van der Waals surface area contributed by atoms with Crippen LogP contribution in [0.3, 0.4) is 0 Å². The summed E-state index contributed by atoms with van der Waals surface area (Å²) < 4.78 is 0. The molecular formula is C18H15NO2. The smallest absolute Gasteiger partial charge is 0.231 e. The van der Waals surface area contributed by atoms with Gasteiger partial charge in [0.05, 0.1) is 0 Å². The molecule has 21 heavy (non-hydrogen) atoms. The second-order valence-corrected chi connectivity index (χ2v) is 4.88. The number of nitrogens with one attached hydrogen (secondary N) is 1. The van der Waals surface area contributed by atoms with Gasteiger partial charge in [-0.1, -0.05) is 49.0 Å². The second kappa shape index (κ2) is 6.12. The molecule has 3 nitrogen and oxygen atoms in total. The van der Waals surface area contributed by atoms with Crippen molar-refractivity contribution in [1.29, 1.82) is 5.41 Å². The van der Waals surface area contributed by atoms with Gasteiger partial charge in [-0.15, -0.1) is 0 Å². The molecule has 0 heterocycles. The minimum atomic E-state index is 0.0552. The standard InChI is InChI=1S/C17H14O.CHNO/c1-11(2)17(18)15-9-5-8-14-13-7-4-3-6-12(13)10-16(14)15;2-1-3/h3-9H,1,10H2,2H3;2H. The van der Waals surface area contributed by atoms with Gasteiger partial charge in [0.2, 0.25) is 6.08 Å². The number of allylic oxidation sites excluding steroid dienone is 1. The van der Waals surface area contributed by atoms with Crippen molar-refractivity contribution in [3.63, 3.8) is 0 Å². The quantitative estimate of drug-likeness (QED) is 0.334. The first-order chi connectivity index (χ1) is 10.1. The number of carbonyl (C=O) groups excluding carboxylic acids is 2. The molecule has 1 N–H and O–H groups in total. The summed E-state index contributed by atoms with van der Waals surface area (Å²) in [7, 11) is 0. The molecule has 1 aliphatic rings. The number of benzene rings is 2. The van der Waals surface area contributed by atoms with E-state index in [0.29, 0.717) is 5.57 Å². The van der Waals surface area contributed by atoms with Gasteiger partial charge in [-0.3, -0.25) is 4.79 Å². The van der Waals surface area contributed by atoms with Gasteiger partial charge in [0.1, 0.15) is 0 Å². The first-order valence-electron chi connectivity index (χ1n) is 6.54. The SMILES string of the molecule is C=C(C)C(=O)c1cccc2c1Cc1ccccc1-2.N=C=O. The van der Waals surface area contributed by atoms with Crippen LogP contribution in [0.25, 0.3) is 11.1 Å². The summed E-state index contributed by atoms with van der Waals surface area (Å²) in [6, 6.07) is 14.3. The number of hydrogen-bond donors (Lipinski definition) is 1. The molecule has 0 aliphatic heterocycles. The summed E-state index contributed by atoms with van der Waals surface area (Å²) in [5.41, 5.74) is 6.29. The maximum atomic E-state index is 12.2. The Morgan fingerprint density at radius 2 is 1.76 bits per heavy atom. The number of rotatable bonds is 2. The van der Waals surface area contributed by atoms with Crippen LogP contribution in [-0.4, -0.2) is 11.9 Å². The molecule has 0 spiro atoms. The van der Waals surface area contributed by atoms with E-state index in [9.17, 15) is 4.79 Å². The molecule has 0 saturated heterocycles. The van der Waals surface area contributed by atoms with Crippen molar-refractivity contribution < 1.29 is 9.59 Å². The van der Waals surface area contributed by atoms with Crippen molar-refractivity contribution in [2.45, 2.75) is 13.3 Å². The summed E-state index contributed by atoms with van der Waals surface area (Å²) in [5, 5.41) is 5.40. The van der Waals surface area contributed by atoms with Crippen LogP contribution in [0.5, 0.6) is 0 Å². The predicted octanol–water partition coefficient (Wildman–Crippen LogP) is 3.92. The minimum Gasteiger partial charge on any atom is -0.289 e. The van der Waals surface area contributed by atoms with E-state index in [2.05, 4.69) is 24.8 Å². The van der Waals surface area contributed by atoms with E-state index in [-0.39, 0.29) is 5.78 Å². The van der Waals surface area contributed by atoms with Crippen molar-refractivity contribution in [2.75, 3.05) is 0 Å². The molecule has 0 radical (unpaired) electrons. The zero-order chi connectivity index (χ0) is 15.4. The summed E-state index contributed by atoms with van der Waals surface area (Å²) >= 11 is 0. The topological polar surface area (TPSA) is 58.0 Å². The molecule has 2 aromatic rings. The Morgan fingerprint density at radius 3 is 2.43 bits per heavy atom. The number of Topliss-reactive ketones (excluding diaryl/α,β-unsaturated/α-hetero) is 1. The Balaban J connectivity index is 0.000000497. The largest absolute Gasteiger partial charge is 0.289 e. The van der Waals surface area contributed by atoms with Gasteiger partial charge in [-0.05, 0) is 41.2 Å². The highest BCUT2D eigenvalue weighted by molar-refractivity contribution is 6.10. The fourth-order valence-electron chi connectivity index (χ4n) is 2.60. The van der Waals surface area contributed by atoms with Crippen LogP contribution in [-0.2, 0) is 11.2 Å². The number of hydrogen-bond acceptors (Lipinski definition) is 3. The molecule has 3 heteroatoms. The van der Waals surface area contributed by atoms with Crippen LogP contribution in [0.15, 0.2) is 54.6 Å². The van der Waals surface area contributed by atoms with Crippen LogP contribution in [0, 0.1) is 5.41 Å². The predicted molar refractivity (Wildman–Crippen MR) is 82.2 cm³/mol. The maximum absolute atomic E-state index is 12.2. The molecule has 104 valence electrons. The van der Waals surface area contributed by atoms with Crippen LogP contribution in [0.2, 0.25) is 0 Å². The van der Waals surface area contributed by atoms with Crippen molar-refractivity contribution in [2.24, 2.45) is 0 Å². The molecule has 0 fully saturated rings. The fourth-order valence-corrected chi connectivity index (χ4v) is 2.60. The lowest BCUT2D eigenvalue weighted by Crippen LogP contribution is -2.03. The lowest BCUT2D eigenvalue weighted by molar-refractivity contribution is 0.103. The van der Waals surface area contributed by atoms with E-state index in [1.54, 1.807) is 6.92 Å². The van der Waals surface area contributed by atoms with Crippen molar-refractivity contribution >= 4 is 11.9 Å². The monoisotopic (exact) mass is 277 g/mol. The molecule has 3 rings (SSSR count). The molecule has 0 bridgehead atoms. The molecule has 0 aromatic heterocycles. The van der Waals surface area contributed by atoms with Gasteiger partial charge in [0.15, 0.2) is 5.78 Å². The lowest BCUT2D eigenvalue weighted by Gasteiger charge is -2.07. The Labute approximate surface area is 123 Å². The molecule has 0 amide bonds. The third-order valence-electron chi connectivity index (χ3n) is 3.48. The Hall–Kier alpha value is -2.77. The summed E-state index contributed by atoms with van der Waals surface area (Å²) in [4.78, 5) is 20.5. The van der Waals surface area contributed by atoms with Gasteiger partial charge < -0.3 is 0 Å². The number of carbonyl (C=O) groups is 1. The molecule has 1 aliphatic carbocycles. The van der Waals surface area contributed by atoms with Gasteiger partial charge >= 0.3 is 0 Å². The Kier molecular flexibility index (Phi) is 4.27. The van der Waals surface area contributed by atoms with Gasteiger partial charge in [0.25, 0.3) is 0 Å². The van der Waals surface area contributed by atoms with Crippen LogP contribution < -0.4 is 0 Å². The average molecular weight is 277 g/mol. The molecule has 0 atom stereocenters. The van der Waals surface area contributed by atoms with Gasteiger partial charge in [-0.25, -0.2) is 10.2 Å². The Morgan fingerprint density at radius 1 is 1.14 bits per heavy atom. The zero-order valence-corrected chi connectivity index (χ0v) is 11.8. The summed E-state index contributed by atoms with van der Waals surface area (Å²) in [6.45, 7) is 5.52. The summed E-state index contributed by atoms with van der Waals surface area (Å²) in [5.74, 6) is 0.0552. The van der Waals surface area contributed by atoms with Crippen LogP contribution in [0.1, 0.15) is 28.4 Å².